The van der Waals surface area contributed by atoms with E-state index in [-0.39, 0.29) is 0 Å². The number of hydrogen-bond acceptors (Lipinski definition) is 2. The van der Waals surface area contributed by atoms with Crippen molar-refractivity contribution in [1.29, 1.82) is 0 Å². The van der Waals surface area contributed by atoms with Crippen LogP contribution in [0, 0.1) is 0 Å². The Morgan fingerprint density at radius 3 is 2.22 bits per heavy atom. The van der Waals surface area contributed by atoms with Crippen molar-refractivity contribution >= 4 is 9.84 Å². The van der Waals surface area contributed by atoms with Gasteiger partial charge in [-0.05, 0) is 0 Å². The van der Waals surface area contributed by atoms with Crippen LogP contribution in [0.1, 0.15) is 6.92 Å². The Morgan fingerprint density at radius 2 is 2.11 bits per heavy atom. The van der Waals surface area contributed by atoms with Gasteiger partial charge in [0.2, 0.25) is 15.0 Å². The molecule has 0 unspecified atom stereocenters. The molecule has 0 heterocycles. The van der Waals surface area contributed by atoms with Crippen molar-refractivity contribution in [3.05, 3.63) is 11.5 Å². The van der Waals surface area contributed by atoms with E-state index in [0.717, 1.165) is 0 Å². The molecule has 0 atom stereocenters. The molecule has 0 aromatic carbocycles. The second kappa shape index (κ2) is 2.91. The predicted octanol–water partition coefficient (Wildman–Crippen LogP) is 1.16. The van der Waals surface area contributed by atoms with Gasteiger partial charge in [0.1, 0.15) is 6.33 Å². The average Bonchev–Trinajstić information content (AvgIpc) is 1.86. The number of rotatable bonds is 2. The molecule has 0 bridgehead atoms. The summed E-state index contributed by atoms with van der Waals surface area (Å²) in [5.41, 5.74) is 0. The zero-order valence-corrected chi connectivity index (χ0v) is 5.58. The Kier molecular flexibility index (Phi) is 2.76. The third kappa shape index (κ3) is 2.09. The van der Waals surface area contributed by atoms with E-state index in [1.807, 2.05) is 0 Å². The molecule has 0 fully saturated rings. The van der Waals surface area contributed by atoms with Crippen LogP contribution in [0.3, 0.4) is 0 Å². The van der Waals surface area contributed by atoms with Crippen molar-refractivity contribution in [1.82, 2.24) is 0 Å². The third-order valence-corrected chi connectivity index (χ3v) is 2.21. The highest BCUT2D eigenvalue weighted by Gasteiger charge is 2.13. The van der Waals surface area contributed by atoms with E-state index in [4.69, 9.17) is 0 Å². The molecule has 5 heteroatoms. The second-order valence-corrected chi connectivity index (χ2v) is 3.51. The Hall–Kier alpha value is -0.450. The Labute approximate surface area is 52.1 Å². The van der Waals surface area contributed by atoms with E-state index in [1.165, 1.54) is 6.92 Å². The van der Waals surface area contributed by atoms with E-state index in [2.05, 4.69) is 0 Å². The fourth-order valence-corrected chi connectivity index (χ4v) is 0.617. The highest BCUT2D eigenvalue weighted by Crippen LogP contribution is 2.07. The highest BCUT2D eigenvalue weighted by molar-refractivity contribution is 7.94. The fourth-order valence-electron chi connectivity index (χ4n) is 0.206. The molecule has 54 valence electrons. The van der Waals surface area contributed by atoms with Gasteiger partial charge >= 0.3 is 0 Å². The first kappa shape index (κ1) is 8.55. The SMILES string of the molecule is CCS(=O)(=O)C(F)=CF. The molecule has 0 radical (unpaired) electrons. The molecule has 0 aliphatic rings. The van der Waals surface area contributed by atoms with Crippen LogP contribution < -0.4 is 0 Å². The monoisotopic (exact) mass is 156 g/mol. The average molecular weight is 156 g/mol. The summed E-state index contributed by atoms with van der Waals surface area (Å²) >= 11 is 0. The Morgan fingerprint density at radius 1 is 1.67 bits per heavy atom. The summed E-state index contributed by atoms with van der Waals surface area (Å²) < 4.78 is 43.5. The molecule has 2 nitrogen and oxygen atoms in total. The van der Waals surface area contributed by atoms with Gasteiger partial charge in [0.25, 0.3) is 0 Å². The largest absolute Gasteiger partial charge is 0.242 e. The topological polar surface area (TPSA) is 34.1 Å². The second-order valence-electron chi connectivity index (χ2n) is 1.32. The van der Waals surface area contributed by atoms with E-state index in [0.29, 0.717) is 0 Å². The van der Waals surface area contributed by atoms with Gasteiger partial charge in [-0.2, -0.15) is 4.39 Å². The number of sulfone groups is 1. The van der Waals surface area contributed by atoms with Crippen molar-refractivity contribution in [2.45, 2.75) is 6.92 Å². The van der Waals surface area contributed by atoms with Gasteiger partial charge in [-0.25, -0.2) is 12.8 Å². The lowest BCUT2D eigenvalue weighted by Gasteiger charge is -1.91. The molecule has 0 aliphatic heterocycles. The van der Waals surface area contributed by atoms with E-state index in [9.17, 15) is 17.2 Å². The normalized spacial score (nSPS) is 13.9. The summed E-state index contributed by atoms with van der Waals surface area (Å²) in [6.07, 6.45) is -0.557. The number of hydrogen-bond donors (Lipinski definition) is 0. The van der Waals surface area contributed by atoms with Crippen molar-refractivity contribution in [2.75, 3.05) is 5.75 Å². The molecular formula is C4H6F2O2S. The lowest BCUT2D eigenvalue weighted by atomic mass is 11.0. The van der Waals surface area contributed by atoms with Gasteiger partial charge in [-0.3, -0.25) is 0 Å². The van der Waals surface area contributed by atoms with Crippen LogP contribution in [0.25, 0.3) is 0 Å². The van der Waals surface area contributed by atoms with Crippen molar-refractivity contribution in [3.63, 3.8) is 0 Å². The minimum atomic E-state index is -3.93. The van der Waals surface area contributed by atoms with Gasteiger partial charge in [0.05, 0.1) is 5.75 Å². The van der Waals surface area contributed by atoms with Gasteiger partial charge < -0.3 is 0 Å². The lowest BCUT2D eigenvalue weighted by molar-refractivity contribution is 0.565. The molecule has 0 N–H and O–H groups in total. The zero-order valence-electron chi connectivity index (χ0n) is 4.77. The van der Waals surface area contributed by atoms with E-state index < -0.39 is 27.1 Å². The van der Waals surface area contributed by atoms with Crippen LogP contribution in [0.15, 0.2) is 11.5 Å². The van der Waals surface area contributed by atoms with Gasteiger partial charge in [0.15, 0.2) is 0 Å². The summed E-state index contributed by atoms with van der Waals surface area (Å²) in [5.74, 6) is -0.417. The minimum absolute atomic E-state index is 0.417. The molecule has 0 saturated heterocycles. The molecule has 0 aromatic heterocycles. The Bertz CT molecular complexity index is 205. The maximum Gasteiger partial charge on any atom is 0.242 e. The van der Waals surface area contributed by atoms with Crippen LogP contribution in [-0.2, 0) is 9.84 Å². The first-order valence-corrected chi connectivity index (χ1v) is 3.88. The molecular weight excluding hydrogens is 150 g/mol. The predicted molar refractivity (Wildman–Crippen MR) is 29.8 cm³/mol. The van der Waals surface area contributed by atoms with Crippen molar-refractivity contribution in [2.24, 2.45) is 0 Å². The summed E-state index contributed by atoms with van der Waals surface area (Å²) in [7, 11) is -3.93. The summed E-state index contributed by atoms with van der Waals surface area (Å²) in [4.78, 5) is 0. The standard InChI is InChI=1S/C4H6F2O2S/c1-2-9(7,8)4(6)3-5/h3H,2H2,1H3. The minimum Gasteiger partial charge on any atom is -0.221 e. The number of halogens is 2. The molecule has 0 spiro atoms. The van der Waals surface area contributed by atoms with Crippen LogP contribution >= 0.6 is 0 Å². The zero-order chi connectivity index (χ0) is 7.49. The van der Waals surface area contributed by atoms with Crippen LogP contribution in [0.4, 0.5) is 8.78 Å². The third-order valence-electron chi connectivity index (χ3n) is 0.763. The maximum atomic E-state index is 11.8. The van der Waals surface area contributed by atoms with Crippen molar-refractivity contribution < 1.29 is 17.2 Å². The quantitative estimate of drug-likeness (QED) is 0.601. The summed E-state index contributed by atoms with van der Waals surface area (Å²) in [6.45, 7) is 1.23. The van der Waals surface area contributed by atoms with Gasteiger partial charge in [0, 0.05) is 0 Å². The van der Waals surface area contributed by atoms with Crippen LogP contribution in [-0.4, -0.2) is 14.2 Å². The molecule has 0 aliphatic carbocycles. The molecule has 0 saturated carbocycles. The van der Waals surface area contributed by atoms with Crippen LogP contribution in [0.2, 0.25) is 0 Å². The van der Waals surface area contributed by atoms with Crippen molar-refractivity contribution in [3.8, 4) is 0 Å². The fraction of sp³-hybridized carbons (Fsp3) is 0.500. The summed E-state index contributed by atoms with van der Waals surface area (Å²) in [5, 5.41) is -1.70. The first-order valence-electron chi connectivity index (χ1n) is 2.23. The van der Waals surface area contributed by atoms with E-state index >= 15 is 0 Å². The molecule has 0 aromatic rings. The maximum absolute atomic E-state index is 11.8. The lowest BCUT2D eigenvalue weighted by Crippen LogP contribution is -2.01. The molecule has 0 rings (SSSR count). The van der Waals surface area contributed by atoms with Gasteiger partial charge in [-0.1, -0.05) is 6.92 Å². The molecule has 0 amide bonds. The smallest absolute Gasteiger partial charge is 0.221 e. The van der Waals surface area contributed by atoms with Gasteiger partial charge in [-0.15, -0.1) is 0 Å². The van der Waals surface area contributed by atoms with E-state index in [1.54, 1.807) is 0 Å². The first-order chi connectivity index (χ1) is 4.04. The Balaban J connectivity index is 4.57. The highest BCUT2D eigenvalue weighted by atomic mass is 32.2. The van der Waals surface area contributed by atoms with Crippen LogP contribution in [0.5, 0.6) is 0 Å². The summed E-state index contributed by atoms with van der Waals surface area (Å²) in [6, 6.07) is 0. The molecule has 9 heavy (non-hydrogen) atoms.